The summed E-state index contributed by atoms with van der Waals surface area (Å²) in [5.41, 5.74) is 0.991. The van der Waals surface area contributed by atoms with E-state index >= 15 is 0 Å². The number of hydrogen-bond acceptors (Lipinski definition) is 2. The highest BCUT2D eigenvalue weighted by atomic mass is 79.9. The summed E-state index contributed by atoms with van der Waals surface area (Å²) in [6.07, 6.45) is 3.29. The fourth-order valence-corrected chi connectivity index (χ4v) is 1.35. The van der Waals surface area contributed by atoms with Gasteiger partial charge in [-0.25, -0.2) is 0 Å². The SMILES string of the molecule is COCCNC(=O)C=Cc1ccc(Br)cc1. The van der Waals surface area contributed by atoms with Crippen LogP contribution in [0.3, 0.4) is 0 Å². The maximum absolute atomic E-state index is 11.3. The van der Waals surface area contributed by atoms with E-state index in [9.17, 15) is 4.79 Å². The summed E-state index contributed by atoms with van der Waals surface area (Å²) in [5, 5.41) is 2.71. The monoisotopic (exact) mass is 283 g/mol. The molecule has 0 aliphatic rings. The van der Waals surface area contributed by atoms with Crippen LogP contribution < -0.4 is 5.32 Å². The predicted molar refractivity (Wildman–Crippen MR) is 68.1 cm³/mol. The standard InChI is InChI=1S/C12H14BrNO2/c1-16-9-8-14-12(15)7-4-10-2-5-11(13)6-3-10/h2-7H,8-9H2,1H3,(H,14,15). The lowest BCUT2D eigenvalue weighted by Crippen LogP contribution is -2.24. The lowest BCUT2D eigenvalue weighted by molar-refractivity contribution is -0.116. The van der Waals surface area contributed by atoms with E-state index in [1.807, 2.05) is 24.3 Å². The highest BCUT2D eigenvalue weighted by Crippen LogP contribution is 2.11. The molecule has 1 aromatic carbocycles. The maximum Gasteiger partial charge on any atom is 0.244 e. The molecule has 0 aromatic heterocycles. The molecule has 0 radical (unpaired) electrons. The summed E-state index contributed by atoms with van der Waals surface area (Å²) >= 11 is 3.35. The molecule has 0 aliphatic carbocycles. The highest BCUT2D eigenvalue weighted by molar-refractivity contribution is 9.10. The van der Waals surface area contributed by atoms with Crippen LogP contribution in [0.2, 0.25) is 0 Å². The molecule has 0 saturated heterocycles. The number of rotatable bonds is 5. The zero-order chi connectivity index (χ0) is 11.8. The lowest BCUT2D eigenvalue weighted by Gasteiger charge is -1.99. The van der Waals surface area contributed by atoms with Gasteiger partial charge in [-0.2, -0.15) is 0 Å². The van der Waals surface area contributed by atoms with E-state index in [2.05, 4.69) is 21.2 Å². The molecule has 1 amide bonds. The van der Waals surface area contributed by atoms with Crippen molar-refractivity contribution < 1.29 is 9.53 Å². The minimum atomic E-state index is -0.111. The zero-order valence-electron chi connectivity index (χ0n) is 9.07. The number of benzene rings is 1. The molecule has 0 unspecified atom stereocenters. The van der Waals surface area contributed by atoms with E-state index in [1.165, 1.54) is 6.08 Å². The molecule has 0 aliphatic heterocycles. The molecular weight excluding hydrogens is 270 g/mol. The molecule has 16 heavy (non-hydrogen) atoms. The van der Waals surface area contributed by atoms with E-state index in [4.69, 9.17) is 4.74 Å². The van der Waals surface area contributed by atoms with Gasteiger partial charge in [-0.1, -0.05) is 28.1 Å². The van der Waals surface area contributed by atoms with Crippen molar-refractivity contribution in [3.05, 3.63) is 40.4 Å². The van der Waals surface area contributed by atoms with E-state index < -0.39 is 0 Å². The third kappa shape index (κ3) is 5.09. The molecule has 0 spiro atoms. The van der Waals surface area contributed by atoms with Crippen LogP contribution in [-0.4, -0.2) is 26.2 Å². The first-order chi connectivity index (χ1) is 7.72. The van der Waals surface area contributed by atoms with Crippen LogP contribution in [0.5, 0.6) is 0 Å². The van der Waals surface area contributed by atoms with Gasteiger partial charge in [0.2, 0.25) is 5.91 Å². The highest BCUT2D eigenvalue weighted by Gasteiger charge is 1.93. The Labute approximate surface area is 104 Å². The van der Waals surface area contributed by atoms with Gasteiger partial charge >= 0.3 is 0 Å². The summed E-state index contributed by atoms with van der Waals surface area (Å²) in [6.45, 7) is 1.05. The molecule has 3 nitrogen and oxygen atoms in total. The van der Waals surface area contributed by atoms with E-state index in [0.29, 0.717) is 13.2 Å². The van der Waals surface area contributed by atoms with Gasteiger partial charge in [-0.3, -0.25) is 4.79 Å². The van der Waals surface area contributed by atoms with Crippen molar-refractivity contribution in [3.8, 4) is 0 Å². The number of amides is 1. The number of methoxy groups -OCH3 is 1. The van der Waals surface area contributed by atoms with Crippen LogP contribution in [0, 0.1) is 0 Å². The lowest BCUT2D eigenvalue weighted by atomic mass is 10.2. The predicted octanol–water partition coefficient (Wildman–Crippen LogP) is 2.22. The quantitative estimate of drug-likeness (QED) is 0.665. The van der Waals surface area contributed by atoms with Crippen molar-refractivity contribution in [1.29, 1.82) is 0 Å². The average Bonchev–Trinajstić information content (AvgIpc) is 2.29. The second-order valence-corrected chi connectivity index (χ2v) is 4.08. The van der Waals surface area contributed by atoms with E-state index in [-0.39, 0.29) is 5.91 Å². The van der Waals surface area contributed by atoms with Crippen molar-refractivity contribution >= 4 is 27.9 Å². The van der Waals surface area contributed by atoms with Gasteiger partial charge in [-0.15, -0.1) is 0 Å². The molecule has 1 aromatic rings. The number of carbonyl (C=O) groups excluding carboxylic acids is 1. The Morgan fingerprint density at radius 1 is 1.44 bits per heavy atom. The molecule has 0 saturated carbocycles. The van der Waals surface area contributed by atoms with Gasteiger partial charge in [0.1, 0.15) is 0 Å². The number of ether oxygens (including phenoxy) is 1. The summed E-state index contributed by atoms with van der Waals surface area (Å²) in [6, 6.07) is 7.73. The normalized spacial score (nSPS) is 10.6. The van der Waals surface area contributed by atoms with Gasteiger partial charge in [0.25, 0.3) is 0 Å². The third-order valence-corrected chi connectivity index (χ3v) is 2.43. The van der Waals surface area contributed by atoms with Crippen LogP contribution in [0.25, 0.3) is 6.08 Å². The van der Waals surface area contributed by atoms with Crippen LogP contribution in [0.4, 0.5) is 0 Å². The van der Waals surface area contributed by atoms with Gasteiger partial charge < -0.3 is 10.1 Å². The summed E-state index contributed by atoms with van der Waals surface area (Å²) in [4.78, 5) is 11.3. The molecule has 0 atom stereocenters. The maximum atomic E-state index is 11.3. The first-order valence-electron chi connectivity index (χ1n) is 4.93. The Balaban J connectivity index is 2.41. The average molecular weight is 284 g/mol. The van der Waals surface area contributed by atoms with E-state index in [1.54, 1.807) is 13.2 Å². The molecule has 1 rings (SSSR count). The molecule has 4 heteroatoms. The topological polar surface area (TPSA) is 38.3 Å². The van der Waals surface area contributed by atoms with Crippen molar-refractivity contribution in [2.45, 2.75) is 0 Å². The van der Waals surface area contributed by atoms with E-state index in [0.717, 1.165) is 10.0 Å². The molecule has 0 fully saturated rings. The number of halogens is 1. The van der Waals surface area contributed by atoms with Crippen molar-refractivity contribution in [2.24, 2.45) is 0 Å². The second-order valence-electron chi connectivity index (χ2n) is 3.17. The van der Waals surface area contributed by atoms with Crippen molar-refractivity contribution in [1.82, 2.24) is 5.32 Å². The third-order valence-electron chi connectivity index (χ3n) is 1.90. The van der Waals surface area contributed by atoms with Gasteiger partial charge in [0.05, 0.1) is 6.61 Å². The summed E-state index contributed by atoms with van der Waals surface area (Å²) in [5.74, 6) is -0.111. The number of carbonyl (C=O) groups is 1. The van der Waals surface area contributed by atoms with Crippen molar-refractivity contribution in [2.75, 3.05) is 20.3 Å². The Kier molecular flexibility index (Phi) is 5.82. The minimum Gasteiger partial charge on any atom is -0.383 e. The fraction of sp³-hybridized carbons (Fsp3) is 0.250. The molecular formula is C12H14BrNO2. The fourth-order valence-electron chi connectivity index (χ4n) is 1.08. The summed E-state index contributed by atoms with van der Waals surface area (Å²) < 4.78 is 5.85. The Morgan fingerprint density at radius 3 is 2.75 bits per heavy atom. The molecule has 86 valence electrons. The first-order valence-corrected chi connectivity index (χ1v) is 5.72. The largest absolute Gasteiger partial charge is 0.383 e. The molecule has 1 N–H and O–H groups in total. The van der Waals surface area contributed by atoms with Gasteiger partial charge in [-0.05, 0) is 23.8 Å². The van der Waals surface area contributed by atoms with Crippen molar-refractivity contribution in [3.63, 3.8) is 0 Å². The minimum absolute atomic E-state index is 0.111. The van der Waals surface area contributed by atoms with Crippen LogP contribution in [-0.2, 0) is 9.53 Å². The first kappa shape index (κ1) is 12.9. The van der Waals surface area contributed by atoms with Crippen LogP contribution in [0.15, 0.2) is 34.8 Å². The summed E-state index contributed by atoms with van der Waals surface area (Å²) in [7, 11) is 1.60. The molecule has 0 bridgehead atoms. The van der Waals surface area contributed by atoms with Gasteiger partial charge in [0.15, 0.2) is 0 Å². The van der Waals surface area contributed by atoms with Crippen LogP contribution in [0.1, 0.15) is 5.56 Å². The van der Waals surface area contributed by atoms with Crippen LogP contribution >= 0.6 is 15.9 Å². The van der Waals surface area contributed by atoms with Gasteiger partial charge in [0, 0.05) is 24.2 Å². The Bertz CT molecular complexity index is 360. The Morgan fingerprint density at radius 2 is 2.12 bits per heavy atom. The second kappa shape index (κ2) is 7.19. The Hall–Kier alpha value is -1.13. The number of nitrogens with one attached hydrogen (secondary N) is 1. The number of hydrogen-bond donors (Lipinski definition) is 1. The smallest absolute Gasteiger partial charge is 0.244 e. The molecule has 0 heterocycles. The zero-order valence-corrected chi connectivity index (χ0v) is 10.7.